The van der Waals surface area contributed by atoms with Gasteiger partial charge in [-0.3, -0.25) is 0 Å². The van der Waals surface area contributed by atoms with Crippen LogP contribution in [0.1, 0.15) is 90.9 Å². The van der Waals surface area contributed by atoms with Gasteiger partial charge in [-0.2, -0.15) is 22.0 Å². The van der Waals surface area contributed by atoms with E-state index in [0.717, 1.165) is 0 Å². The van der Waals surface area contributed by atoms with E-state index in [9.17, 15) is 34.9 Å². The van der Waals surface area contributed by atoms with Gasteiger partial charge in [0.05, 0.1) is 27.2 Å². The van der Waals surface area contributed by atoms with Crippen molar-refractivity contribution in [2.45, 2.75) is 102 Å². The molecule has 0 saturated heterocycles. The van der Waals surface area contributed by atoms with Crippen molar-refractivity contribution in [3.05, 3.63) is 0 Å². The van der Waals surface area contributed by atoms with Crippen LogP contribution in [-0.4, -0.2) is 56.1 Å². The number of hydrogen-bond donors (Lipinski definition) is 0. The minimum Gasteiger partial charge on any atom is -0.743 e. The molecule has 0 aromatic rings. The molecule has 0 aromatic carbocycles. The Morgan fingerprint density at radius 1 is 0.667 bits per heavy atom. The molecule has 0 fully saturated rings. The van der Waals surface area contributed by atoms with E-state index in [4.69, 9.17) is 0 Å². The van der Waals surface area contributed by atoms with Crippen LogP contribution >= 0.6 is 0 Å². The Kier molecular flexibility index (Phi) is 16.2. The molecular weight excluding hydrogens is 429 g/mol. The van der Waals surface area contributed by atoms with E-state index < -0.39 is 21.5 Å². The number of quaternary nitrogens is 1. The molecule has 0 saturated carbocycles. The van der Waals surface area contributed by atoms with Crippen molar-refractivity contribution in [3.8, 4) is 0 Å². The summed E-state index contributed by atoms with van der Waals surface area (Å²) in [5.74, 6) is 0. The van der Waals surface area contributed by atoms with Crippen molar-refractivity contribution in [2.75, 3.05) is 27.2 Å². The van der Waals surface area contributed by atoms with E-state index >= 15 is 0 Å². The van der Waals surface area contributed by atoms with Crippen LogP contribution in [0.4, 0.5) is 22.0 Å². The Balaban J connectivity index is 0. The van der Waals surface area contributed by atoms with E-state index in [1.807, 2.05) is 0 Å². The Bertz CT molecular complexity index is 505. The van der Waals surface area contributed by atoms with Crippen LogP contribution in [0.3, 0.4) is 0 Å². The predicted molar refractivity (Wildman–Crippen MR) is 109 cm³/mol. The zero-order valence-corrected chi connectivity index (χ0v) is 19.7. The monoisotopic (exact) mass is 469 g/mol. The zero-order chi connectivity index (χ0) is 23.9. The van der Waals surface area contributed by atoms with Crippen LogP contribution in [0.2, 0.25) is 0 Å². The van der Waals surface area contributed by atoms with Gasteiger partial charge in [-0.15, -0.1) is 0 Å². The summed E-state index contributed by atoms with van der Waals surface area (Å²) in [6.45, 7) is 7.34. The summed E-state index contributed by atoms with van der Waals surface area (Å²) >= 11 is 0. The van der Waals surface area contributed by atoms with Crippen molar-refractivity contribution < 1.29 is 39.4 Å². The topological polar surface area (TPSA) is 57.2 Å². The first-order valence-corrected chi connectivity index (χ1v) is 12.2. The second kappa shape index (κ2) is 15.3. The SMILES string of the molecule is CCCCCCCC[N+](C)(C)CCCCCCCC.O=S(=O)([O-])C(F)(F)C(F)(F)F. The number of alkyl halides is 5. The molecule has 0 aromatic heterocycles. The minimum absolute atomic E-state index is 1.24. The first-order valence-electron chi connectivity index (χ1n) is 10.8. The molecule has 10 heteroatoms. The van der Waals surface area contributed by atoms with Crippen molar-refractivity contribution >= 4 is 10.1 Å². The maximum Gasteiger partial charge on any atom is 0.468 e. The minimum atomic E-state index is -6.67. The van der Waals surface area contributed by atoms with Crippen LogP contribution < -0.4 is 0 Å². The van der Waals surface area contributed by atoms with Crippen LogP contribution in [0.5, 0.6) is 0 Å². The van der Waals surface area contributed by atoms with Gasteiger partial charge in [-0.25, -0.2) is 8.42 Å². The average molecular weight is 470 g/mol. The fraction of sp³-hybridized carbons (Fsp3) is 1.00. The highest BCUT2D eigenvalue weighted by Crippen LogP contribution is 2.38. The first-order chi connectivity index (χ1) is 13.6. The summed E-state index contributed by atoms with van der Waals surface area (Å²) in [7, 11) is -1.84. The number of hydrogen-bond acceptors (Lipinski definition) is 3. The molecule has 0 aliphatic carbocycles. The molecule has 0 N–H and O–H groups in total. The molecule has 4 nitrogen and oxygen atoms in total. The predicted octanol–water partition coefficient (Wildman–Crippen LogP) is 6.47. The van der Waals surface area contributed by atoms with Crippen LogP contribution in [0.25, 0.3) is 0 Å². The van der Waals surface area contributed by atoms with Crippen molar-refractivity contribution in [1.29, 1.82) is 0 Å². The van der Waals surface area contributed by atoms with Crippen molar-refractivity contribution in [1.82, 2.24) is 0 Å². The molecule has 30 heavy (non-hydrogen) atoms. The van der Waals surface area contributed by atoms with E-state index in [2.05, 4.69) is 27.9 Å². The zero-order valence-electron chi connectivity index (χ0n) is 18.9. The lowest BCUT2D eigenvalue weighted by molar-refractivity contribution is -0.890. The number of unbranched alkanes of at least 4 members (excludes halogenated alkanes) is 10. The molecule has 0 heterocycles. The standard InChI is InChI=1S/C18H40N.C2HF5O3S/c1-5-7-9-11-13-15-17-19(3,4)18-16-14-12-10-8-6-2;3-1(4,5)2(6,7)11(8,9)10/h5-18H2,1-4H3;(H,8,9,10)/q+1;/p-1. The molecule has 0 aliphatic rings. The van der Waals surface area contributed by atoms with Crippen molar-refractivity contribution in [2.24, 2.45) is 0 Å². The summed E-state index contributed by atoms with van der Waals surface area (Å²) in [5, 5.41) is -6.21. The smallest absolute Gasteiger partial charge is 0.468 e. The summed E-state index contributed by atoms with van der Waals surface area (Å²) in [6.07, 6.45) is 10.7. The Labute approximate surface area is 179 Å². The fourth-order valence-electron chi connectivity index (χ4n) is 2.89. The van der Waals surface area contributed by atoms with E-state index in [1.54, 1.807) is 0 Å². The molecule has 184 valence electrons. The summed E-state index contributed by atoms with van der Waals surface area (Å²) in [6, 6.07) is 0. The summed E-state index contributed by atoms with van der Waals surface area (Å²) < 4.78 is 84.9. The quantitative estimate of drug-likeness (QED) is 0.120. The Morgan fingerprint density at radius 2 is 0.967 bits per heavy atom. The molecule has 0 unspecified atom stereocenters. The van der Waals surface area contributed by atoms with Gasteiger partial charge in [-0.05, 0) is 25.7 Å². The normalized spacial score (nSPS) is 13.1. The highest BCUT2D eigenvalue weighted by molar-refractivity contribution is 7.86. The summed E-state index contributed by atoms with van der Waals surface area (Å²) in [5.41, 5.74) is 0. The molecular formula is C20H40F5NO3S. The van der Waals surface area contributed by atoms with Crippen LogP contribution in [0, 0.1) is 0 Å². The maximum atomic E-state index is 11.4. The highest BCUT2D eigenvalue weighted by Gasteiger charge is 2.63. The van der Waals surface area contributed by atoms with Gasteiger partial charge in [-0.1, -0.05) is 65.2 Å². The molecule has 0 bridgehead atoms. The molecule has 0 atom stereocenters. The maximum absolute atomic E-state index is 11.4. The average Bonchev–Trinajstić information content (AvgIpc) is 2.59. The second-order valence-electron chi connectivity index (χ2n) is 8.39. The molecule has 0 radical (unpaired) electrons. The Hall–Kier alpha value is -0.480. The van der Waals surface area contributed by atoms with Crippen LogP contribution in [0.15, 0.2) is 0 Å². The summed E-state index contributed by atoms with van der Waals surface area (Å²) in [4.78, 5) is 0. The highest BCUT2D eigenvalue weighted by atomic mass is 32.2. The number of rotatable bonds is 15. The van der Waals surface area contributed by atoms with Gasteiger partial charge in [0.15, 0.2) is 10.1 Å². The van der Waals surface area contributed by atoms with Gasteiger partial charge in [0.1, 0.15) is 0 Å². The number of nitrogens with zero attached hydrogens (tertiary/aromatic N) is 1. The lowest BCUT2D eigenvalue weighted by Crippen LogP contribution is -2.43. The molecule has 0 spiro atoms. The van der Waals surface area contributed by atoms with E-state index in [-0.39, 0.29) is 0 Å². The second-order valence-corrected chi connectivity index (χ2v) is 9.81. The van der Waals surface area contributed by atoms with E-state index in [0.29, 0.717) is 0 Å². The molecule has 0 rings (SSSR count). The van der Waals surface area contributed by atoms with E-state index in [1.165, 1.54) is 94.6 Å². The van der Waals surface area contributed by atoms with Gasteiger partial charge in [0.25, 0.3) is 0 Å². The number of halogens is 5. The van der Waals surface area contributed by atoms with Crippen molar-refractivity contribution in [3.63, 3.8) is 0 Å². The largest absolute Gasteiger partial charge is 0.743 e. The molecule has 0 aliphatic heterocycles. The van der Waals surface area contributed by atoms with Crippen LogP contribution in [-0.2, 0) is 10.1 Å². The molecule has 0 amide bonds. The third-order valence-corrected chi connectivity index (χ3v) is 5.74. The third-order valence-electron chi connectivity index (χ3n) is 4.88. The lowest BCUT2D eigenvalue weighted by Gasteiger charge is -2.30. The Morgan fingerprint density at radius 3 is 1.20 bits per heavy atom. The third kappa shape index (κ3) is 15.3. The first kappa shape index (κ1) is 31.7. The lowest BCUT2D eigenvalue weighted by atomic mass is 10.1. The van der Waals surface area contributed by atoms with Gasteiger partial charge < -0.3 is 9.04 Å². The fourth-order valence-corrected chi connectivity index (χ4v) is 3.18. The van der Waals surface area contributed by atoms with Gasteiger partial charge in [0.2, 0.25) is 0 Å². The van der Waals surface area contributed by atoms with Gasteiger partial charge in [0, 0.05) is 0 Å². The van der Waals surface area contributed by atoms with Gasteiger partial charge >= 0.3 is 11.4 Å².